The molecule has 3 rings (SSSR count). The van der Waals surface area contributed by atoms with E-state index in [0.717, 1.165) is 24.2 Å². The third kappa shape index (κ3) is 5.23. The van der Waals surface area contributed by atoms with E-state index in [-0.39, 0.29) is 12.0 Å². The number of hydrogen-bond donors (Lipinski definition) is 2. The number of amides is 2. The Morgan fingerprint density at radius 3 is 2.56 bits per heavy atom. The summed E-state index contributed by atoms with van der Waals surface area (Å²) < 4.78 is 10.4. The number of hydrogen-bond acceptors (Lipinski definition) is 4. The van der Waals surface area contributed by atoms with Crippen LogP contribution in [0.1, 0.15) is 33.5 Å². The lowest BCUT2D eigenvalue weighted by molar-refractivity contribution is 0.0600. The summed E-state index contributed by atoms with van der Waals surface area (Å²) in [6, 6.07) is 12.9. The van der Waals surface area contributed by atoms with Gasteiger partial charge >= 0.3 is 12.0 Å². The first-order valence-electron chi connectivity index (χ1n) is 9.09. The summed E-state index contributed by atoms with van der Waals surface area (Å²) >= 11 is 0. The smallest absolute Gasteiger partial charge is 0.337 e. The highest BCUT2D eigenvalue weighted by atomic mass is 16.5. The first-order chi connectivity index (χ1) is 13.2. The fourth-order valence-electron chi connectivity index (χ4n) is 3.09. The van der Waals surface area contributed by atoms with Gasteiger partial charge in [0.2, 0.25) is 0 Å². The molecule has 6 nitrogen and oxygen atoms in total. The van der Waals surface area contributed by atoms with Gasteiger partial charge in [0, 0.05) is 6.54 Å². The number of nitrogens with one attached hydrogen (secondary N) is 2. The summed E-state index contributed by atoms with van der Waals surface area (Å²) in [4.78, 5) is 23.2. The number of fused-ring (bicyclic) bond motifs is 1. The van der Waals surface area contributed by atoms with Gasteiger partial charge in [-0.05, 0) is 60.2 Å². The zero-order valence-corrected chi connectivity index (χ0v) is 15.4. The first kappa shape index (κ1) is 18.8. The Kier molecular flexibility index (Phi) is 6.30. The second kappa shape index (κ2) is 9.07. The minimum atomic E-state index is -0.379. The molecule has 6 heteroatoms. The van der Waals surface area contributed by atoms with E-state index in [4.69, 9.17) is 4.74 Å². The van der Waals surface area contributed by atoms with E-state index in [1.54, 1.807) is 24.3 Å². The summed E-state index contributed by atoms with van der Waals surface area (Å²) in [7, 11) is 1.34. The van der Waals surface area contributed by atoms with Gasteiger partial charge in [-0.15, -0.1) is 0 Å². The lowest BCUT2D eigenvalue weighted by atomic mass is 10.1. The van der Waals surface area contributed by atoms with Crippen molar-refractivity contribution in [2.24, 2.45) is 0 Å². The van der Waals surface area contributed by atoms with Crippen molar-refractivity contribution in [1.29, 1.82) is 0 Å². The summed E-state index contributed by atoms with van der Waals surface area (Å²) in [5, 5.41) is 5.54. The zero-order chi connectivity index (χ0) is 19.1. The molecule has 142 valence electrons. The Hall–Kier alpha value is -3.02. The fraction of sp³-hybridized carbons (Fsp3) is 0.333. The van der Waals surface area contributed by atoms with Crippen LogP contribution in [0.3, 0.4) is 0 Å². The third-order valence-corrected chi connectivity index (χ3v) is 4.55. The van der Waals surface area contributed by atoms with E-state index in [1.165, 1.54) is 24.7 Å². The average molecular weight is 368 g/mol. The molecule has 0 heterocycles. The Labute approximate surface area is 158 Å². The predicted molar refractivity (Wildman–Crippen MR) is 102 cm³/mol. The highest BCUT2D eigenvalue weighted by Crippen LogP contribution is 2.25. The number of benzene rings is 2. The maximum Gasteiger partial charge on any atom is 0.337 e. The maximum absolute atomic E-state index is 11.9. The van der Waals surface area contributed by atoms with Crippen molar-refractivity contribution in [2.45, 2.75) is 25.8 Å². The van der Waals surface area contributed by atoms with Crippen LogP contribution in [0.5, 0.6) is 5.75 Å². The molecule has 2 N–H and O–H groups in total. The topological polar surface area (TPSA) is 76.7 Å². The van der Waals surface area contributed by atoms with Gasteiger partial charge in [0.25, 0.3) is 0 Å². The molecular formula is C21H24N2O4. The van der Waals surface area contributed by atoms with Crippen molar-refractivity contribution in [3.05, 3.63) is 64.7 Å². The lowest BCUT2D eigenvalue weighted by Crippen LogP contribution is -2.37. The molecule has 0 aromatic heterocycles. The van der Waals surface area contributed by atoms with Crippen LogP contribution in [0.4, 0.5) is 4.79 Å². The number of aryl methyl sites for hydroxylation is 2. The molecule has 27 heavy (non-hydrogen) atoms. The van der Waals surface area contributed by atoms with E-state index in [0.29, 0.717) is 25.3 Å². The molecule has 2 aromatic carbocycles. The normalized spacial score (nSPS) is 12.2. The number of urea groups is 1. The number of ether oxygens (including phenoxy) is 2. The first-order valence-corrected chi connectivity index (χ1v) is 9.09. The number of esters is 1. The molecule has 0 saturated heterocycles. The van der Waals surface area contributed by atoms with Gasteiger partial charge in [-0.25, -0.2) is 9.59 Å². The summed E-state index contributed by atoms with van der Waals surface area (Å²) in [5.74, 6) is 0.471. The fourth-order valence-corrected chi connectivity index (χ4v) is 3.09. The number of carbonyl (C=O) groups excluding carboxylic acids is 2. The largest absolute Gasteiger partial charge is 0.492 e. The van der Waals surface area contributed by atoms with E-state index in [2.05, 4.69) is 27.5 Å². The Morgan fingerprint density at radius 1 is 1.00 bits per heavy atom. The van der Waals surface area contributed by atoms with Crippen LogP contribution in [0.2, 0.25) is 0 Å². The van der Waals surface area contributed by atoms with Crippen molar-refractivity contribution >= 4 is 12.0 Å². The molecule has 0 saturated carbocycles. The second-order valence-corrected chi connectivity index (χ2v) is 6.43. The summed E-state index contributed by atoms with van der Waals surface area (Å²) in [5.41, 5.74) is 4.16. The molecule has 0 aliphatic heterocycles. The van der Waals surface area contributed by atoms with Crippen LogP contribution in [0.15, 0.2) is 42.5 Å². The van der Waals surface area contributed by atoms with Gasteiger partial charge in [0.1, 0.15) is 12.4 Å². The maximum atomic E-state index is 11.9. The van der Waals surface area contributed by atoms with Crippen LogP contribution in [-0.4, -0.2) is 32.3 Å². The number of rotatable bonds is 7. The zero-order valence-electron chi connectivity index (χ0n) is 15.4. The van der Waals surface area contributed by atoms with E-state index in [1.807, 2.05) is 6.07 Å². The van der Waals surface area contributed by atoms with Gasteiger partial charge < -0.3 is 20.1 Å². The number of methoxy groups -OCH3 is 1. The Balaban J connectivity index is 1.34. The van der Waals surface area contributed by atoms with E-state index < -0.39 is 0 Å². The van der Waals surface area contributed by atoms with Crippen LogP contribution in [-0.2, 0) is 24.1 Å². The molecule has 2 aromatic rings. The van der Waals surface area contributed by atoms with E-state index in [9.17, 15) is 9.59 Å². The average Bonchev–Trinajstić information content (AvgIpc) is 3.17. The number of carbonyl (C=O) groups is 2. The molecule has 0 unspecified atom stereocenters. The third-order valence-electron chi connectivity index (χ3n) is 4.55. The van der Waals surface area contributed by atoms with Crippen molar-refractivity contribution in [3.63, 3.8) is 0 Å². The monoisotopic (exact) mass is 368 g/mol. The summed E-state index contributed by atoms with van der Waals surface area (Å²) in [6.45, 7) is 1.21. The Bertz CT molecular complexity index is 802. The highest BCUT2D eigenvalue weighted by Gasteiger charge is 2.11. The molecule has 0 radical (unpaired) electrons. The standard InChI is InChI=1S/C21H24N2O4/c1-26-20(24)17-7-5-15(6-8-17)14-23-21(25)22-11-12-27-19-10-9-16-3-2-4-18(16)13-19/h5-10,13H,2-4,11-12,14H2,1H3,(H2,22,23,25). The minimum Gasteiger partial charge on any atom is -0.492 e. The molecule has 2 amide bonds. The molecule has 0 atom stereocenters. The van der Waals surface area contributed by atoms with E-state index >= 15 is 0 Å². The van der Waals surface area contributed by atoms with Gasteiger partial charge in [0.05, 0.1) is 19.2 Å². The second-order valence-electron chi connectivity index (χ2n) is 6.43. The quantitative estimate of drug-likeness (QED) is 0.582. The van der Waals surface area contributed by atoms with Crippen molar-refractivity contribution in [3.8, 4) is 5.75 Å². The van der Waals surface area contributed by atoms with Gasteiger partial charge in [-0.2, -0.15) is 0 Å². The van der Waals surface area contributed by atoms with Crippen molar-refractivity contribution in [1.82, 2.24) is 10.6 Å². The van der Waals surface area contributed by atoms with Gasteiger partial charge in [-0.3, -0.25) is 0 Å². The van der Waals surface area contributed by atoms with Crippen LogP contribution in [0, 0.1) is 0 Å². The van der Waals surface area contributed by atoms with Gasteiger partial charge in [-0.1, -0.05) is 18.2 Å². The molecule has 1 aliphatic carbocycles. The Morgan fingerprint density at radius 2 is 1.78 bits per heavy atom. The molecular weight excluding hydrogens is 344 g/mol. The summed E-state index contributed by atoms with van der Waals surface area (Å²) in [6.07, 6.45) is 3.49. The molecule has 0 spiro atoms. The van der Waals surface area contributed by atoms with Crippen molar-refractivity contribution in [2.75, 3.05) is 20.3 Å². The lowest BCUT2D eigenvalue weighted by Gasteiger charge is -2.10. The van der Waals surface area contributed by atoms with Crippen LogP contribution in [0.25, 0.3) is 0 Å². The van der Waals surface area contributed by atoms with Crippen LogP contribution >= 0.6 is 0 Å². The highest BCUT2D eigenvalue weighted by molar-refractivity contribution is 5.89. The predicted octanol–water partition coefficient (Wildman–Crippen LogP) is 2.84. The molecule has 0 fully saturated rings. The molecule has 1 aliphatic rings. The van der Waals surface area contributed by atoms with Gasteiger partial charge in [0.15, 0.2) is 0 Å². The minimum absolute atomic E-state index is 0.260. The molecule has 0 bridgehead atoms. The van der Waals surface area contributed by atoms with Crippen LogP contribution < -0.4 is 15.4 Å². The van der Waals surface area contributed by atoms with Crippen molar-refractivity contribution < 1.29 is 19.1 Å². The SMILES string of the molecule is COC(=O)c1ccc(CNC(=O)NCCOc2ccc3c(c2)CCC3)cc1.